The molecule has 4 heterocycles. The molecule has 1 aliphatic rings. The zero-order valence-electron chi connectivity index (χ0n) is 17.2. The lowest BCUT2D eigenvalue weighted by atomic mass is 10.1. The molecule has 0 atom stereocenters. The van der Waals surface area contributed by atoms with Crippen LogP contribution in [0.2, 0.25) is 0 Å². The molecule has 0 spiro atoms. The first-order valence-corrected chi connectivity index (χ1v) is 11.0. The average molecular weight is 421 g/mol. The van der Waals surface area contributed by atoms with E-state index in [0.717, 1.165) is 70.4 Å². The Kier molecular flexibility index (Phi) is 5.28. The van der Waals surface area contributed by atoms with Crippen LogP contribution < -0.4 is 5.32 Å². The molecular formula is C22H24N6OS. The summed E-state index contributed by atoms with van der Waals surface area (Å²) in [5.41, 5.74) is 5.57. The van der Waals surface area contributed by atoms with Crippen molar-refractivity contribution in [2.24, 2.45) is 0 Å². The first-order valence-electron chi connectivity index (χ1n) is 10.2. The van der Waals surface area contributed by atoms with Crippen LogP contribution >= 0.6 is 11.3 Å². The van der Waals surface area contributed by atoms with Crippen LogP contribution in [0.15, 0.2) is 30.6 Å². The molecule has 8 heteroatoms. The molecule has 1 N–H and O–H groups in total. The van der Waals surface area contributed by atoms with Crippen molar-refractivity contribution < 1.29 is 4.74 Å². The number of fused-ring (bicyclic) bond motifs is 3. The zero-order chi connectivity index (χ0) is 20.5. The summed E-state index contributed by atoms with van der Waals surface area (Å²) in [7, 11) is 0. The van der Waals surface area contributed by atoms with Crippen molar-refractivity contribution in [3.05, 3.63) is 53.0 Å². The molecule has 7 nitrogen and oxygen atoms in total. The summed E-state index contributed by atoms with van der Waals surface area (Å²) in [6.07, 6.45) is 1.62. The third-order valence-electron chi connectivity index (χ3n) is 5.65. The minimum atomic E-state index is 0.710. The highest BCUT2D eigenvalue weighted by Gasteiger charge is 2.16. The molecule has 0 bridgehead atoms. The first-order chi connectivity index (χ1) is 14.7. The van der Waals surface area contributed by atoms with E-state index in [-0.39, 0.29) is 0 Å². The van der Waals surface area contributed by atoms with Crippen LogP contribution in [0.1, 0.15) is 22.4 Å². The second kappa shape index (κ2) is 8.22. The molecule has 4 aromatic rings. The van der Waals surface area contributed by atoms with E-state index >= 15 is 0 Å². The number of anilines is 1. The van der Waals surface area contributed by atoms with Gasteiger partial charge in [0.15, 0.2) is 0 Å². The number of ether oxygens (including phenoxy) is 1. The van der Waals surface area contributed by atoms with Gasteiger partial charge in [-0.3, -0.25) is 4.90 Å². The van der Waals surface area contributed by atoms with Gasteiger partial charge in [-0.25, -0.2) is 9.97 Å². The van der Waals surface area contributed by atoms with Gasteiger partial charge in [0.05, 0.1) is 29.1 Å². The molecule has 1 saturated heterocycles. The third kappa shape index (κ3) is 3.74. The number of rotatable bonds is 5. The van der Waals surface area contributed by atoms with Gasteiger partial charge >= 0.3 is 0 Å². The van der Waals surface area contributed by atoms with Gasteiger partial charge < -0.3 is 10.1 Å². The summed E-state index contributed by atoms with van der Waals surface area (Å²) in [6, 6.07) is 8.79. The number of morpholine rings is 1. The van der Waals surface area contributed by atoms with Gasteiger partial charge in [0.1, 0.15) is 17.0 Å². The smallest absolute Gasteiger partial charge is 0.149 e. The van der Waals surface area contributed by atoms with Crippen LogP contribution in [0.4, 0.5) is 5.82 Å². The predicted molar refractivity (Wildman–Crippen MR) is 120 cm³/mol. The maximum Gasteiger partial charge on any atom is 0.149 e. The summed E-state index contributed by atoms with van der Waals surface area (Å²) in [5.74, 6) is 0.845. The molecule has 5 rings (SSSR count). The monoisotopic (exact) mass is 420 g/mol. The van der Waals surface area contributed by atoms with Gasteiger partial charge in [-0.05, 0) is 30.5 Å². The predicted octanol–water partition coefficient (Wildman–Crippen LogP) is 3.70. The number of thiophene rings is 1. The first kappa shape index (κ1) is 19.3. The maximum absolute atomic E-state index is 5.43. The number of benzene rings is 1. The van der Waals surface area contributed by atoms with E-state index < -0.39 is 0 Å². The van der Waals surface area contributed by atoms with Gasteiger partial charge in [-0.15, -0.1) is 16.4 Å². The fraction of sp³-hybridized carbons (Fsp3) is 0.364. The number of hydrogen-bond acceptors (Lipinski definition) is 8. The minimum Gasteiger partial charge on any atom is -0.379 e. The molecule has 0 saturated carbocycles. The van der Waals surface area contributed by atoms with Gasteiger partial charge in [-0.2, -0.15) is 5.10 Å². The minimum absolute atomic E-state index is 0.710. The van der Waals surface area contributed by atoms with E-state index in [2.05, 4.69) is 61.6 Å². The second-order valence-corrected chi connectivity index (χ2v) is 8.65. The third-order valence-corrected chi connectivity index (χ3v) is 6.72. The molecule has 0 radical (unpaired) electrons. The highest BCUT2D eigenvalue weighted by Crippen LogP contribution is 2.36. The zero-order valence-corrected chi connectivity index (χ0v) is 18.0. The van der Waals surface area contributed by atoms with E-state index in [9.17, 15) is 0 Å². The van der Waals surface area contributed by atoms with Crippen molar-refractivity contribution in [2.75, 3.05) is 31.6 Å². The number of aryl methyl sites for hydroxylation is 2. The number of nitrogens with zero attached hydrogens (tertiary/aromatic N) is 5. The molecule has 0 aliphatic carbocycles. The Morgan fingerprint density at radius 1 is 1.03 bits per heavy atom. The molecule has 0 unspecified atom stereocenters. The molecular weight excluding hydrogens is 396 g/mol. The Balaban J connectivity index is 1.33. The van der Waals surface area contributed by atoms with Gasteiger partial charge in [0.2, 0.25) is 0 Å². The topological polar surface area (TPSA) is 76.1 Å². The highest BCUT2D eigenvalue weighted by atomic mass is 32.1. The molecule has 1 aromatic carbocycles. The highest BCUT2D eigenvalue weighted by molar-refractivity contribution is 7.25. The summed E-state index contributed by atoms with van der Waals surface area (Å²) < 4.78 is 6.45. The number of hydrogen-bond donors (Lipinski definition) is 1. The normalized spacial score (nSPS) is 15.1. The van der Waals surface area contributed by atoms with Crippen LogP contribution in [-0.4, -0.2) is 51.4 Å². The van der Waals surface area contributed by atoms with Crippen molar-refractivity contribution in [1.82, 2.24) is 25.1 Å². The van der Waals surface area contributed by atoms with Crippen LogP contribution in [0.25, 0.3) is 20.4 Å². The van der Waals surface area contributed by atoms with Crippen molar-refractivity contribution in [1.29, 1.82) is 0 Å². The van der Waals surface area contributed by atoms with E-state index in [1.54, 1.807) is 17.7 Å². The summed E-state index contributed by atoms with van der Waals surface area (Å²) in [5, 5.41) is 13.2. The SMILES string of the molecule is Cc1nnc2sc3c(NCc4ccc(CN5CCOCC5)cc4)ncnc3c2c1C. The number of aromatic nitrogens is 4. The lowest BCUT2D eigenvalue weighted by molar-refractivity contribution is 0.0342. The average Bonchev–Trinajstić information content (AvgIpc) is 3.16. The lowest BCUT2D eigenvalue weighted by Gasteiger charge is -2.26. The summed E-state index contributed by atoms with van der Waals surface area (Å²) in [6.45, 7) is 9.42. The maximum atomic E-state index is 5.43. The Bertz CT molecular complexity index is 1180. The van der Waals surface area contributed by atoms with Crippen molar-refractivity contribution in [3.63, 3.8) is 0 Å². The van der Waals surface area contributed by atoms with Crippen LogP contribution in [-0.2, 0) is 17.8 Å². The quantitative estimate of drug-likeness (QED) is 0.528. The molecule has 3 aromatic heterocycles. The molecule has 1 fully saturated rings. The largest absolute Gasteiger partial charge is 0.379 e. The van der Waals surface area contributed by atoms with Crippen LogP contribution in [0, 0.1) is 13.8 Å². The van der Waals surface area contributed by atoms with Crippen molar-refractivity contribution in [2.45, 2.75) is 26.9 Å². The molecule has 30 heavy (non-hydrogen) atoms. The fourth-order valence-electron chi connectivity index (χ4n) is 3.77. The van der Waals surface area contributed by atoms with Crippen molar-refractivity contribution in [3.8, 4) is 0 Å². The van der Waals surface area contributed by atoms with Crippen LogP contribution in [0.3, 0.4) is 0 Å². The standard InChI is InChI=1S/C22H24N6OS/c1-14-15(2)26-27-22-18(14)19-20(30-22)21(25-13-24-19)23-11-16-3-5-17(6-4-16)12-28-7-9-29-10-8-28/h3-6,13H,7-12H2,1-2H3,(H,23,24,25). The van der Waals surface area contributed by atoms with E-state index in [1.165, 1.54) is 11.1 Å². The Hall–Kier alpha value is -2.68. The second-order valence-electron chi connectivity index (χ2n) is 7.65. The lowest BCUT2D eigenvalue weighted by Crippen LogP contribution is -2.35. The van der Waals surface area contributed by atoms with Crippen LogP contribution in [0.5, 0.6) is 0 Å². The summed E-state index contributed by atoms with van der Waals surface area (Å²) in [4.78, 5) is 12.4. The van der Waals surface area contributed by atoms with E-state index in [4.69, 9.17) is 4.74 Å². The van der Waals surface area contributed by atoms with Gasteiger partial charge in [0.25, 0.3) is 0 Å². The molecule has 1 aliphatic heterocycles. The Morgan fingerprint density at radius 2 is 1.80 bits per heavy atom. The van der Waals surface area contributed by atoms with Gasteiger partial charge in [0, 0.05) is 31.6 Å². The number of nitrogens with one attached hydrogen (secondary N) is 1. The van der Waals surface area contributed by atoms with E-state index in [0.29, 0.717) is 6.54 Å². The van der Waals surface area contributed by atoms with E-state index in [1.807, 2.05) is 6.92 Å². The van der Waals surface area contributed by atoms with Crippen molar-refractivity contribution >= 4 is 37.6 Å². The molecule has 0 amide bonds. The Labute approximate surface area is 179 Å². The fourth-order valence-corrected chi connectivity index (χ4v) is 4.87. The molecule has 154 valence electrons. The Morgan fingerprint density at radius 3 is 2.60 bits per heavy atom. The summed E-state index contributed by atoms with van der Waals surface area (Å²) >= 11 is 1.59. The van der Waals surface area contributed by atoms with Gasteiger partial charge in [-0.1, -0.05) is 24.3 Å².